The van der Waals surface area contributed by atoms with Crippen molar-refractivity contribution in [3.8, 4) is 0 Å². The topological polar surface area (TPSA) is 72.5 Å². The number of esters is 1. The Morgan fingerprint density at radius 1 is 1.38 bits per heavy atom. The zero-order valence-electron chi connectivity index (χ0n) is 9.06. The van der Waals surface area contributed by atoms with Crippen molar-refractivity contribution < 1.29 is 17.9 Å². The van der Waals surface area contributed by atoms with Crippen LogP contribution in [0, 0.1) is 0 Å². The van der Waals surface area contributed by atoms with Crippen molar-refractivity contribution >= 4 is 21.7 Å². The molecule has 6 heteroatoms. The second kappa shape index (κ2) is 4.98. The highest BCUT2D eigenvalue weighted by Gasteiger charge is 2.14. The van der Waals surface area contributed by atoms with Crippen LogP contribution in [0.2, 0.25) is 0 Å². The monoisotopic (exact) mass is 243 g/mol. The molecule has 1 aromatic rings. The Kier molecular flexibility index (Phi) is 3.89. The smallest absolute Gasteiger partial charge is 0.339 e. The van der Waals surface area contributed by atoms with E-state index in [9.17, 15) is 13.2 Å². The van der Waals surface area contributed by atoms with Gasteiger partial charge in [0.15, 0.2) is 0 Å². The van der Waals surface area contributed by atoms with Crippen LogP contribution in [-0.4, -0.2) is 27.2 Å². The van der Waals surface area contributed by atoms with Crippen molar-refractivity contribution in [1.82, 2.24) is 0 Å². The molecule has 0 amide bonds. The molecule has 0 atom stereocenters. The Hall–Kier alpha value is -1.56. The fraction of sp³-hybridized carbons (Fsp3) is 0.300. The molecule has 0 saturated heterocycles. The van der Waals surface area contributed by atoms with Crippen LogP contribution in [-0.2, 0) is 14.8 Å². The summed E-state index contributed by atoms with van der Waals surface area (Å²) in [4.78, 5) is 11.4. The highest BCUT2D eigenvalue weighted by Crippen LogP contribution is 2.17. The predicted octanol–water partition coefficient (Wildman–Crippen LogP) is 1.23. The average Bonchev–Trinajstić information content (AvgIpc) is 2.28. The molecule has 88 valence electrons. The largest absolute Gasteiger partial charge is 0.465 e. The molecule has 0 aliphatic rings. The maximum Gasteiger partial charge on any atom is 0.339 e. The first-order valence-corrected chi connectivity index (χ1v) is 6.33. The first kappa shape index (κ1) is 12.5. The average molecular weight is 243 g/mol. The summed E-state index contributed by atoms with van der Waals surface area (Å²) >= 11 is 0. The quantitative estimate of drug-likeness (QED) is 0.807. The van der Waals surface area contributed by atoms with Gasteiger partial charge in [0.2, 0.25) is 10.0 Å². The Balaban J connectivity index is 3.10. The number of carbonyl (C=O) groups excluding carboxylic acids is 1. The maximum atomic E-state index is 11.4. The summed E-state index contributed by atoms with van der Waals surface area (Å²) in [5.74, 6) is -0.628. The van der Waals surface area contributed by atoms with Gasteiger partial charge in [-0.15, -0.1) is 0 Å². The molecule has 0 radical (unpaired) electrons. The number of methoxy groups -OCH3 is 1. The Bertz CT molecular complexity index is 481. The van der Waals surface area contributed by atoms with Crippen molar-refractivity contribution in [2.75, 3.05) is 17.6 Å². The summed E-state index contributed by atoms with van der Waals surface area (Å²) in [6, 6.07) is 6.29. The molecular formula is C10H13NO4S. The molecule has 1 rings (SSSR count). The fourth-order valence-corrected chi connectivity index (χ4v) is 1.76. The summed E-state index contributed by atoms with van der Waals surface area (Å²) in [5, 5.41) is 0. The number of para-hydroxylation sites is 1. The predicted molar refractivity (Wildman–Crippen MR) is 60.9 cm³/mol. The lowest BCUT2D eigenvalue weighted by molar-refractivity contribution is 0.0602. The third-order valence-corrected chi connectivity index (χ3v) is 3.27. The van der Waals surface area contributed by atoms with E-state index in [1.54, 1.807) is 12.1 Å². The molecule has 0 aromatic heterocycles. The minimum atomic E-state index is -3.39. The summed E-state index contributed by atoms with van der Waals surface area (Å²) < 4.78 is 29.6. The molecule has 5 nitrogen and oxygen atoms in total. The van der Waals surface area contributed by atoms with Gasteiger partial charge in [0.1, 0.15) is 0 Å². The number of rotatable bonds is 4. The van der Waals surface area contributed by atoms with E-state index in [1.807, 2.05) is 0 Å². The van der Waals surface area contributed by atoms with Crippen LogP contribution in [0.5, 0.6) is 0 Å². The number of sulfonamides is 1. The Morgan fingerprint density at radius 2 is 2.00 bits per heavy atom. The van der Waals surface area contributed by atoms with Gasteiger partial charge in [-0.2, -0.15) is 0 Å². The van der Waals surface area contributed by atoms with E-state index in [0.29, 0.717) is 0 Å². The van der Waals surface area contributed by atoms with E-state index < -0.39 is 16.0 Å². The van der Waals surface area contributed by atoms with E-state index >= 15 is 0 Å². The van der Waals surface area contributed by atoms with Crippen LogP contribution < -0.4 is 4.72 Å². The molecule has 0 fully saturated rings. The van der Waals surface area contributed by atoms with Crippen molar-refractivity contribution in [2.24, 2.45) is 0 Å². The second-order valence-corrected chi connectivity index (χ2v) is 5.05. The summed E-state index contributed by atoms with van der Waals surface area (Å²) in [6.45, 7) is 1.52. The minimum Gasteiger partial charge on any atom is -0.465 e. The number of ether oxygens (including phenoxy) is 1. The lowest BCUT2D eigenvalue weighted by Gasteiger charge is -2.09. The molecule has 0 aliphatic carbocycles. The van der Waals surface area contributed by atoms with Crippen molar-refractivity contribution in [3.63, 3.8) is 0 Å². The van der Waals surface area contributed by atoms with Crippen LogP contribution in [0.4, 0.5) is 5.69 Å². The van der Waals surface area contributed by atoms with Crippen molar-refractivity contribution in [3.05, 3.63) is 29.8 Å². The number of benzene rings is 1. The minimum absolute atomic E-state index is 0.0531. The molecule has 0 aliphatic heterocycles. The van der Waals surface area contributed by atoms with Crippen molar-refractivity contribution in [2.45, 2.75) is 6.92 Å². The lowest BCUT2D eigenvalue weighted by Crippen LogP contribution is -2.17. The molecule has 1 N–H and O–H groups in total. The maximum absolute atomic E-state index is 11.4. The van der Waals surface area contributed by atoms with Crippen LogP contribution in [0.25, 0.3) is 0 Å². The van der Waals surface area contributed by atoms with Gasteiger partial charge >= 0.3 is 5.97 Å². The Labute approximate surface area is 94.5 Å². The number of anilines is 1. The van der Waals surface area contributed by atoms with E-state index in [4.69, 9.17) is 0 Å². The SMILES string of the molecule is CCS(=O)(=O)Nc1ccccc1C(=O)OC. The molecule has 16 heavy (non-hydrogen) atoms. The van der Waals surface area contributed by atoms with Crippen LogP contribution >= 0.6 is 0 Å². The van der Waals surface area contributed by atoms with Gasteiger partial charge in [-0.25, -0.2) is 13.2 Å². The van der Waals surface area contributed by atoms with Gasteiger partial charge in [-0.05, 0) is 19.1 Å². The normalized spacial score (nSPS) is 10.9. The van der Waals surface area contributed by atoms with Gasteiger partial charge in [0, 0.05) is 0 Å². The third kappa shape index (κ3) is 2.96. The summed E-state index contributed by atoms with van der Waals surface area (Å²) in [5.41, 5.74) is 0.429. The van der Waals surface area contributed by atoms with E-state index in [0.717, 1.165) is 0 Å². The van der Waals surface area contributed by atoms with Crippen LogP contribution in [0.3, 0.4) is 0 Å². The fourth-order valence-electron chi connectivity index (χ4n) is 1.10. The van der Waals surface area contributed by atoms with Gasteiger partial charge < -0.3 is 4.74 Å². The van der Waals surface area contributed by atoms with E-state index in [2.05, 4.69) is 9.46 Å². The zero-order chi connectivity index (χ0) is 12.2. The highest BCUT2D eigenvalue weighted by atomic mass is 32.2. The van der Waals surface area contributed by atoms with Crippen molar-refractivity contribution in [1.29, 1.82) is 0 Å². The van der Waals surface area contributed by atoms with E-state index in [1.165, 1.54) is 26.2 Å². The first-order valence-electron chi connectivity index (χ1n) is 4.68. The standard InChI is InChI=1S/C10H13NO4S/c1-3-16(13,14)11-9-7-5-4-6-8(9)10(12)15-2/h4-7,11H,3H2,1-2H3. The summed E-state index contributed by atoms with van der Waals surface area (Å²) in [7, 11) is -2.15. The molecule has 0 bridgehead atoms. The van der Waals surface area contributed by atoms with Gasteiger partial charge in [0.05, 0.1) is 24.1 Å². The zero-order valence-corrected chi connectivity index (χ0v) is 9.87. The van der Waals surface area contributed by atoms with Gasteiger partial charge in [0.25, 0.3) is 0 Å². The highest BCUT2D eigenvalue weighted by molar-refractivity contribution is 7.92. The van der Waals surface area contributed by atoms with Crippen LogP contribution in [0.15, 0.2) is 24.3 Å². The van der Waals surface area contributed by atoms with Crippen LogP contribution in [0.1, 0.15) is 17.3 Å². The second-order valence-electron chi connectivity index (χ2n) is 3.04. The van der Waals surface area contributed by atoms with Gasteiger partial charge in [-0.1, -0.05) is 12.1 Å². The number of nitrogens with one attached hydrogen (secondary N) is 1. The number of hydrogen-bond acceptors (Lipinski definition) is 4. The molecule has 0 saturated carbocycles. The van der Waals surface area contributed by atoms with E-state index in [-0.39, 0.29) is 17.0 Å². The van der Waals surface area contributed by atoms with Gasteiger partial charge in [-0.3, -0.25) is 4.72 Å². The number of hydrogen-bond donors (Lipinski definition) is 1. The summed E-state index contributed by atoms with van der Waals surface area (Å²) in [6.07, 6.45) is 0. The molecule has 0 unspecified atom stereocenters. The number of carbonyl (C=O) groups is 1. The third-order valence-electron chi connectivity index (χ3n) is 1.98. The Morgan fingerprint density at radius 3 is 2.56 bits per heavy atom. The molecule has 0 heterocycles. The first-order chi connectivity index (χ1) is 7.50. The molecule has 0 spiro atoms. The molecule has 1 aromatic carbocycles. The lowest BCUT2D eigenvalue weighted by atomic mass is 10.2. The molecular weight excluding hydrogens is 230 g/mol.